The van der Waals surface area contributed by atoms with E-state index < -0.39 is 12.0 Å². The number of aryl methyl sites for hydroxylation is 1. The number of carboxylic acids is 1. The summed E-state index contributed by atoms with van der Waals surface area (Å²) in [6.07, 6.45) is 3.68. The van der Waals surface area contributed by atoms with E-state index in [1.54, 1.807) is 6.33 Å². The van der Waals surface area contributed by atoms with Gasteiger partial charge in [-0.25, -0.2) is 4.98 Å². The Morgan fingerprint density at radius 3 is 3.20 bits per heavy atom. The Bertz CT molecular complexity index is 386. The molecule has 0 amide bonds. The molecular formula is C10H15N3O2. The Kier molecular flexibility index (Phi) is 2.48. The van der Waals surface area contributed by atoms with E-state index in [0.29, 0.717) is 11.6 Å². The topological polar surface area (TPSA) is 81.1 Å². The highest BCUT2D eigenvalue weighted by atomic mass is 16.4. The van der Waals surface area contributed by atoms with E-state index in [0.717, 1.165) is 25.1 Å². The lowest BCUT2D eigenvalue weighted by Gasteiger charge is -2.21. The number of rotatable bonds is 2. The second-order valence-corrected chi connectivity index (χ2v) is 4.18. The molecule has 1 aromatic rings. The fraction of sp³-hybridized carbons (Fsp3) is 0.600. The van der Waals surface area contributed by atoms with Crippen molar-refractivity contribution in [2.45, 2.75) is 32.4 Å². The summed E-state index contributed by atoms with van der Waals surface area (Å²) in [5, 5.41) is 8.85. The number of hydrogen-bond donors (Lipinski definition) is 2. The van der Waals surface area contributed by atoms with Gasteiger partial charge >= 0.3 is 5.97 Å². The fourth-order valence-corrected chi connectivity index (χ4v) is 2.01. The lowest BCUT2D eigenvalue weighted by Crippen LogP contribution is -2.25. The van der Waals surface area contributed by atoms with Crippen LogP contribution in [0.5, 0.6) is 0 Å². The zero-order valence-corrected chi connectivity index (χ0v) is 8.68. The second-order valence-electron chi connectivity index (χ2n) is 4.18. The lowest BCUT2D eigenvalue weighted by molar-refractivity contribution is -0.138. The van der Waals surface area contributed by atoms with Crippen LogP contribution in [-0.2, 0) is 17.8 Å². The first-order valence-corrected chi connectivity index (χ1v) is 5.12. The van der Waals surface area contributed by atoms with Crippen molar-refractivity contribution in [2.75, 3.05) is 0 Å². The van der Waals surface area contributed by atoms with E-state index in [1.165, 1.54) is 0 Å². The average Bonchev–Trinajstić information content (AvgIpc) is 2.59. The highest BCUT2D eigenvalue weighted by Crippen LogP contribution is 2.25. The molecule has 1 aliphatic heterocycles. The van der Waals surface area contributed by atoms with Gasteiger partial charge in [-0.3, -0.25) is 4.79 Å². The molecule has 0 aliphatic carbocycles. The number of aliphatic carboxylic acids is 1. The quantitative estimate of drug-likeness (QED) is 0.745. The maximum Gasteiger partial charge on any atom is 0.326 e. The van der Waals surface area contributed by atoms with E-state index in [9.17, 15) is 4.79 Å². The van der Waals surface area contributed by atoms with Crippen LogP contribution >= 0.6 is 0 Å². The number of imidazole rings is 1. The molecule has 3 N–H and O–H groups in total. The number of aromatic nitrogens is 2. The van der Waals surface area contributed by atoms with Crippen LogP contribution in [0.25, 0.3) is 0 Å². The largest absolute Gasteiger partial charge is 0.480 e. The maximum atomic E-state index is 10.8. The van der Waals surface area contributed by atoms with Gasteiger partial charge in [-0.1, -0.05) is 6.92 Å². The molecule has 15 heavy (non-hydrogen) atoms. The number of hydrogen-bond acceptors (Lipinski definition) is 3. The van der Waals surface area contributed by atoms with Crippen molar-refractivity contribution >= 4 is 5.97 Å². The van der Waals surface area contributed by atoms with Gasteiger partial charge in [-0.2, -0.15) is 0 Å². The van der Waals surface area contributed by atoms with Crippen LogP contribution in [0, 0.1) is 5.92 Å². The van der Waals surface area contributed by atoms with Crippen LogP contribution in [0.2, 0.25) is 0 Å². The SMILES string of the molecule is CC1CCn2cnc(C(N)C(=O)O)c2C1. The summed E-state index contributed by atoms with van der Waals surface area (Å²) in [4.78, 5) is 14.9. The Labute approximate surface area is 87.9 Å². The Hall–Kier alpha value is -1.36. The molecule has 0 radical (unpaired) electrons. The van der Waals surface area contributed by atoms with Gasteiger partial charge in [0.2, 0.25) is 0 Å². The Morgan fingerprint density at radius 2 is 2.53 bits per heavy atom. The van der Waals surface area contributed by atoms with Crippen LogP contribution in [0.15, 0.2) is 6.33 Å². The van der Waals surface area contributed by atoms with Crippen molar-refractivity contribution in [2.24, 2.45) is 11.7 Å². The first-order chi connectivity index (χ1) is 7.09. The van der Waals surface area contributed by atoms with Crippen molar-refractivity contribution in [3.63, 3.8) is 0 Å². The third kappa shape index (κ3) is 1.74. The van der Waals surface area contributed by atoms with E-state index in [4.69, 9.17) is 10.8 Å². The molecule has 2 heterocycles. The second kappa shape index (κ2) is 3.66. The molecule has 0 aromatic carbocycles. The van der Waals surface area contributed by atoms with E-state index in [-0.39, 0.29) is 0 Å². The predicted molar refractivity (Wildman–Crippen MR) is 54.3 cm³/mol. The minimum Gasteiger partial charge on any atom is -0.480 e. The van der Waals surface area contributed by atoms with Crippen molar-refractivity contribution in [1.29, 1.82) is 0 Å². The van der Waals surface area contributed by atoms with Gasteiger partial charge in [-0.15, -0.1) is 0 Å². The van der Waals surface area contributed by atoms with E-state index in [1.807, 2.05) is 4.57 Å². The summed E-state index contributed by atoms with van der Waals surface area (Å²) in [7, 11) is 0. The molecule has 0 fully saturated rings. The number of carboxylic acid groups (broad SMARTS) is 1. The summed E-state index contributed by atoms with van der Waals surface area (Å²) >= 11 is 0. The van der Waals surface area contributed by atoms with Crippen molar-refractivity contribution in [3.05, 3.63) is 17.7 Å². The van der Waals surface area contributed by atoms with Crippen LogP contribution in [0.1, 0.15) is 30.8 Å². The summed E-state index contributed by atoms with van der Waals surface area (Å²) in [6.45, 7) is 3.07. The molecule has 82 valence electrons. The molecule has 0 bridgehead atoms. The summed E-state index contributed by atoms with van der Waals surface area (Å²) < 4.78 is 2.01. The third-order valence-electron chi connectivity index (χ3n) is 2.94. The molecule has 5 heteroatoms. The first-order valence-electron chi connectivity index (χ1n) is 5.12. The van der Waals surface area contributed by atoms with Gasteiger partial charge in [0.25, 0.3) is 0 Å². The first kappa shape index (κ1) is 10.2. The predicted octanol–water partition coefficient (Wildman–Crippen LogP) is 0.550. The summed E-state index contributed by atoms with van der Waals surface area (Å²) in [5.41, 5.74) is 7.09. The minimum absolute atomic E-state index is 0.522. The highest BCUT2D eigenvalue weighted by Gasteiger charge is 2.25. The van der Waals surface area contributed by atoms with Crippen LogP contribution < -0.4 is 5.73 Å². The standard InChI is InChI=1S/C10H15N3O2/c1-6-2-3-13-5-12-9(7(13)4-6)8(11)10(14)15/h5-6,8H,2-4,11H2,1H3,(H,14,15). The van der Waals surface area contributed by atoms with Crippen LogP contribution in [0.3, 0.4) is 0 Å². The summed E-state index contributed by atoms with van der Waals surface area (Å²) in [5.74, 6) is -0.441. The lowest BCUT2D eigenvalue weighted by atomic mass is 9.96. The zero-order chi connectivity index (χ0) is 11.0. The molecule has 5 nitrogen and oxygen atoms in total. The minimum atomic E-state index is -1.02. The van der Waals surface area contributed by atoms with Gasteiger partial charge in [0, 0.05) is 12.2 Å². The average molecular weight is 209 g/mol. The molecule has 1 aromatic heterocycles. The zero-order valence-electron chi connectivity index (χ0n) is 8.68. The number of fused-ring (bicyclic) bond motifs is 1. The van der Waals surface area contributed by atoms with Crippen molar-refractivity contribution < 1.29 is 9.90 Å². The van der Waals surface area contributed by atoms with Gasteiger partial charge in [-0.05, 0) is 18.8 Å². The molecule has 0 spiro atoms. The highest BCUT2D eigenvalue weighted by molar-refractivity contribution is 5.74. The molecular weight excluding hydrogens is 194 g/mol. The third-order valence-corrected chi connectivity index (χ3v) is 2.94. The van der Waals surface area contributed by atoms with Gasteiger partial charge < -0.3 is 15.4 Å². The fourth-order valence-electron chi connectivity index (χ4n) is 2.01. The Balaban J connectivity index is 2.34. The molecule has 1 aliphatic rings. The molecule has 2 unspecified atom stereocenters. The maximum absolute atomic E-state index is 10.8. The van der Waals surface area contributed by atoms with Crippen molar-refractivity contribution in [3.8, 4) is 0 Å². The number of carbonyl (C=O) groups is 1. The number of nitrogens with zero attached hydrogens (tertiary/aromatic N) is 2. The number of nitrogens with two attached hydrogens (primary N) is 1. The van der Waals surface area contributed by atoms with Gasteiger partial charge in [0.15, 0.2) is 0 Å². The van der Waals surface area contributed by atoms with Crippen molar-refractivity contribution in [1.82, 2.24) is 9.55 Å². The van der Waals surface area contributed by atoms with Gasteiger partial charge in [0.1, 0.15) is 6.04 Å². The molecule has 2 rings (SSSR count). The normalized spacial score (nSPS) is 22.1. The smallest absolute Gasteiger partial charge is 0.326 e. The van der Waals surface area contributed by atoms with Crippen LogP contribution in [-0.4, -0.2) is 20.6 Å². The summed E-state index contributed by atoms with van der Waals surface area (Å²) in [6, 6.07) is -0.994. The molecule has 0 saturated carbocycles. The molecule has 2 atom stereocenters. The van der Waals surface area contributed by atoms with E-state index in [2.05, 4.69) is 11.9 Å². The van der Waals surface area contributed by atoms with Crippen LogP contribution in [0.4, 0.5) is 0 Å². The monoisotopic (exact) mass is 209 g/mol. The van der Waals surface area contributed by atoms with Gasteiger partial charge in [0.05, 0.1) is 12.0 Å². The molecule has 0 saturated heterocycles. The Morgan fingerprint density at radius 1 is 1.80 bits per heavy atom. The van der Waals surface area contributed by atoms with E-state index >= 15 is 0 Å².